The lowest BCUT2D eigenvalue weighted by Crippen LogP contribution is -2.30. The van der Waals surface area contributed by atoms with Crippen molar-refractivity contribution < 1.29 is 4.79 Å². The summed E-state index contributed by atoms with van der Waals surface area (Å²) in [5.74, 6) is 0. The van der Waals surface area contributed by atoms with Crippen LogP contribution in [-0.2, 0) is 0 Å². The Bertz CT molecular complexity index is 371. The molecule has 1 aromatic carbocycles. The molecule has 0 aliphatic heterocycles. The molecule has 2 rings (SSSR count). The molecule has 2 amide bonds. The summed E-state index contributed by atoms with van der Waals surface area (Å²) in [6.45, 7) is 0. The molecule has 1 aliphatic carbocycles. The predicted molar refractivity (Wildman–Crippen MR) is 67.0 cm³/mol. The number of amides is 2. The van der Waals surface area contributed by atoms with Gasteiger partial charge in [0.15, 0.2) is 0 Å². The zero-order valence-corrected chi connectivity index (χ0v) is 11.1. The van der Waals surface area contributed by atoms with Gasteiger partial charge in [-0.05, 0) is 56.8 Å². The van der Waals surface area contributed by atoms with E-state index in [0.717, 1.165) is 27.5 Å². The summed E-state index contributed by atoms with van der Waals surface area (Å²) in [6.07, 6.45) is 2.18. The molecule has 0 radical (unpaired) electrons. The van der Waals surface area contributed by atoms with E-state index in [1.807, 2.05) is 18.2 Å². The number of benzene rings is 1. The number of halogens is 2. The molecule has 1 saturated carbocycles. The number of urea groups is 1. The largest absolute Gasteiger partial charge is 0.335 e. The molecule has 1 aromatic rings. The molecule has 0 unspecified atom stereocenters. The fourth-order valence-electron chi connectivity index (χ4n) is 1.18. The minimum absolute atomic E-state index is 0.148. The van der Waals surface area contributed by atoms with E-state index in [9.17, 15) is 4.79 Å². The maximum Gasteiger partial charge on any atom is 0.319 e. The Labute approximate surface area is 105 Å². The predicted octanol–water partition coefficient (Wildman–Crippen LogP) is 3.50. The van der Waals surface area contributed by atoms with Crippen molar-refractivity contribution in [3.8, 4) is 0 Å². The standard InChI is InChI=1S/C10H10Br2N2O/c11-7-2-1-3-8(12)9(7)14-10(15)13-6-4-5-6/h1-3,6H,4-5H2,(H2,13,14,15). The molecule has 15 heavy (non-hydrogen) atoms. The van der Waals surface area contributed by atoms with Crippen LogP contribution in [0.3, 0.4) is 0 Å². The van der Waals surface area contributed by atoms with Gasteiger partial charge in [-0.2, -0.15) is 0 Å². The number of carbonyl (C=O) groups is 1. The van der Waals surface area contributed by atoms with Gasteiger partial charge in [-0.25, -0.2) is 4.79 Å². The topological polar surface area (TPSA) is 41.1 Å². The van der Waals surface area contributed by atoms with Crippen LogP contribution in [0.25, 0.3) is 0 Å². The van der Waals surface area contributed by atoms with E-state index in [4.69, 9.17) is 0 Å². The van der Waals surface area contributed by atoms with Gasteiger partial charge in [0.05, 0.1) is 5.69 Å². The van der Waals surface area contributed by atoms with E-state index < -0.39 is 0 Å². The fraction of sp³-hybridized carbons (Fsp3) is 0.300. The van der Waals surface area contributed by atoms with Crippen molar-refractivity contribution in [3.05, 3.63) is 27.1 Å². The summed E-state index contributed by atoms with van der Waals surface area (Å²) in [5.41, 5.74) is 0.760. The van der Waals surface area contributed by atoms with E-state index in [1.165, 1.54) is 0 Å². The second-order valence-electron chi connectivity index (χ2n) is 3.47. The van der Waals surface area contributed by atoms with E-state index in [-0.39, 0.29) is 6.03 Å². The maximum atomic E-state index is 11.5. The minimum Gasteiger partial charge on any atom is -0.335 e. The van der Waals surface area contributed by atoms with Crippen LogP contribution in [0.4, 0.5) is 10.5 Å². The Morgan fingerprint density at radius 1 is 1.27 bits per heavy atom. The van der Waals surface area contributed by atoms with Crippen LogP contribution in [0.5, 0.6) is 0 Å². The van der Waals surface area contributed by atoms with Crippen LogP contribution < -0.4 is 10.6 Å². The van der Waals surface area contributed by atoms with Crippen molar-refractivity contribution in [2.75, 3.05) is 5.32 Å². The van der Waals surface area contributed by atoms with Crippen LogP contribution >= 0.6 is 31.9 Å². The number of hydrogen-bond acceptors (Lipinski definition) is 1. The molecule has 0 atom stereocenters. The molecular weight excluding hydrogens is 324 g/mol. The first kappa shape index (κ1) is 11.0. The second kappa shape index (κ2) is 4.53. The van der Waals surface area contributed by atoms with Crippen LogP contribution in [-0.4, -0.2) is 12.1 Å². The first-order valence-electron chi connectivity index (χ1n) is 4.68. The molecule has 2 N–H and O–H groups in total. The Morgan fingerprint density at radius 3 is 2.40 bits per heavy atom. The molecule has 5 heteroatoms. The Hall–Kier alpha value is -0.550. The normalized spacial score (nSPS) is 14.8. The third-order valence-corrected chi connectivity index (χ3v) is 3.44. The molecule has 1 aliphatic rings. The lowest BCUT2D eigenvalue weighted by molar-refractivity contribution is 0.251. The molecule has 0 heterocycles. The van der Waals surface area contributed by atoms with Gasteiger partial charge < -0.3 is 10.6 Å². The summed E-state index contributed by atoms with van der Waals surface area (Å²) >= 11 is 6.77. The SMILES string of the molecule is O=C(Nc1c(Br)cccc1Br)NC1CC1. The minimum atomic E-state index is -0.148. The van der Waals surface area contributed by atoms with Gasteiger partial charge in [0.25, 0.3) is 0 Å². The number of nitrogens with one attached hydrogen (secondary N) is 2. The van der Waals surface area contributed by atoms with E-state index in [1.54, 1.807) is 0 Å². The quantitative estimate of drug-likeness (QED) is 0.854. The number of anilines is 1. The smallest absolute Gasteiger partial charge is 0.319 e. The highest BCUT2D eigenvalue weighted by molar-refractivity contribution is 9.11. The van der Waals surface area contributed by atoms with Gasteiger partial charge in [-0.1, -0.05) is 6.07 Å². The number of hydrogen-bond donors (Lipinski definition) is 2. The van der Waals surface area contributed by atoms with Gasteiger partial charge >= 0.3 is 6.03 Å². The highest BCUT2D eigenvalue weighted by Gasteiger charge is 2.23. The van der Waals surface area contributed by atoms with Gasteiger partial charge in [-0.15, -0.1) is 0 Å². The zero-order valence-electron chi connectivity index (χ0n) is 7.89. The molecule has 0 bridgehead atoms. The van der Waals surface area contributed by atoms with Crippen LogP contribution in [0.1, 0.15) is 12.8 Å². The molecule has 1 fully saturated rings. The van der Waals surface area contributed by atoms with E-state index in [0.29, 0.717) is 6.04 Å². The highest BCUT2D eigenvalue weighted by atomic mass is 79.9. The highest BCUT2D eigenvalue weighted by Crippen LogP contribution is 2.30. The summed E-state index contributed by atoms with van der Waals surface area (Å²) in [6, 6.07) is 5.89. The summed E-state index contributed by atoms with van der Waals surface area (Å²) < 4.78 is 1.73. The number of rotatable bonds is 2. The molecule has 0 spiro atoms. The molecule has 3 nitrogen and oxygen atoms in total. The third-order valence-electron chi connectivity index (χ3n) is 2.11. The lowest BCUT2D eigenvalue weighted by atomic mass is 10.3. The summed E-state index contributed by atoms with van der Waals surface area (Å²) in [4.78, 5) is 11.5. The Morgan fingerprint density at radius 2 is 1.87 bits per heavy atom. The molecule has 0 aromatic heterocycles. The average molecular weight is 334 g/mol. The van der Waals surface area contributed by atoms with Gasteiger partial charge in [0, 0.05) is 15.0 Å². The van der Waals surface area contributed by atoms with Crippen molar-refractivity contribution in [2.45, 2.75) is 18.9 Å². The van der Waals surface area contributed by atoms with Crippen LogP contribution in [0.15, 0.2) is 27.1 Å². The molecule has 80 valence electrons. The van der Waals surface area contributed by atoms with Crippen molar-refractivity contribution >= 4 is 43.6 Å². The van der Waals surface area contributed by atoms with Crippen molar-refractivity contribution in [1.29, 1.82) is 0 Å². The fourth-order valence-corrected chi connectivity index (χ4v) is 2.38. The van der Waals surface area contributed by atoms with Gasteiger partial charge in [0.1, 0.15) is 0 Å². The Balaban J connectivity index is 2.05. The summed E-state index contributed by atoms with van der Waals surface area (Å²) in [7, 11) is 0. The molecular formula is C10H10Br2N2O. The molecule has 0 saturated heterocycles. The van der Waals surface area contributed by atoms with Gasteiger partial charge in [-0.3, -0.25) is 0 Å². The third kappa shape index (κ3) is 2.95. The van der Waals surface area contributed by atoms with Gasteiger partial charge in [0.2, 0.25) is 0 Å². The van der Waals surface area contributed by atoms with Crippen LogP contribution in [0.2, 0.25) is 0 Å². The van der Waals surface area contributed by atoms with Crippen molar-refractivity contribution in [2.24, 2.45) is 0 Å². The van der Waals surface area contributed by atoms with Crippen LogP contribution in [0, 0.1) is 0 Å². The number of para-hydroxylation sites is 1. The van der Waals surface area contributed by atoms with E-state index in [2.05, 4.69) is 42.5 Å². The lowest BCUT2D eigenvalue weighted by Gasteiger charge is -2.09. The van der Waals surface area contributed by atoms with Crippen molar-refractivity contribution in [3.63, 3.8) is 0 Å². The summed E-state index contributed by atoms with van der Waals surface area (Å²) in [5, 5.41) is 5.67. The average Bonchev–Trinajstić information content (AvgIpc) is 2.95. The van der Waals surface area contributed by atoms with E-state index >= 15 is 0 Å². The van der Waals surface area contributed by atoms with Crippen molar-refractivity contribution in [1.82, 2.24) is 5.32 Å². The maximum absolute atomic E-state index is 11.5. The first-order valence-corrected chi connectivity index (χ1v) is 6.27. The zero-order chi connectivity index (χ0) is 10.8. The monoisotopic (exact) mass is 332 g/mol. The Kier molecular flexibility index (Phi) is 3.31. The number of carbonyl (C=O) groups excluding carboxylic acids is 1. The second-order valence-corrected chi connectivity index (χ2v) is 5.18. The first-order chi connectivity index (χ1) is 7.16.